The average Bonchev–Trinajstić information content (AvgIpc) is 3.39. The topological polar surface area (TPSA) is 124 Å². The fourth-order valence-corrected chi connectivity index (χ4v) is 2.96. The van der Waals surface area contributed by atoms with Gasteiger partial charge in [0.15, 0.2) is 17.3 Å². The van der Waals surface area contributed by atoms with Gasteiger partial charge in [0.05, 0.1) is 5.69 Å². The van der Waals surface area contributed by atoms with Crippen LogP contribution in [0.3, 0.4) is 0 Å². The minimum Gasteiger partial charge on any atom is -0.367 e. The van der Waals surface area contributed by atoms with Gasteiger partial charge >= 0.3 is 0 Å². The maximum absolute atomic E-state index is 12.2. The molecule has 0 radical (unpaired) electrons. The van der Waals surface area contributed by atoms with Crippen LogP contribution in [0.1, 0.15) is 27.4 Å². The third kappa shape index (κ3) is 4.42. The zero-order chi connectivity index (χ0) is 21.8. The molecule has 31 heavy (non-hydrogen) atoms. The van der Waals surface area contributed by atoms with Crippen molar-refractivity contribution < 1.29 is 9.32 Å². The van der Waals surface area contributed by atoms with Crippen LogP contribution < -0.4 is 10.6 Å². The van der Waals surface area contributed by atoms with E-state index < -0.39 is 0 Å². The first-order valence-electron chi connectivity index (χ1n) is 9.79. The molecule has 2 N–H and O–H groups in total. The lowest BCUT2D eigenvalue weighted by atomic mass is 10.2. The van der Waals surface area contributed by atoms with E-state index in [2.05, 4.69) is 36.1 Å². The third-order valence-electron chi connectivity index (χ3n) is 4.93. The highest BCUT2D eigenvalue weighted by molar-refractivity contribution is 5.93. The Kier molecular flexibility index (Phi) is 5.69. The van der Waals surface area contributed by atoms with Gasteiger partial charge in [0.2, 0.25) is 0 Å². The second kappa shape index (κ2) is 8.74. The number of rotatable bonds is 7. The first-order chi connectivity index (χ1) is 15.0. The summed E-state index contributed by atoms with van der Waals surface area (Å²) in [6, 6.07) is 8.89. The molecule has 0 unspecified atom stereocenters. The Labute approximate surface area is 178 Å². The van der Waals surface area contributed by atoms with Gasteiger partial charge in [-0.25, -0.2) is 4.68 Å². The number of pyridine rings is 1. The SMILES string of the molecule is Cc1nn(-c2ccc(NCCNC(=O)c3cc(-c4cccnc4)on3)nn2)c(C)c1C. The molecule has 0 aliphatic heterocycles. The summed E-state index contributed by atoms with van der Waals surface area (Å²) in [5, 5.41) is 22.6. The number of aryl methyl sites for hydroxylation is 1. The molecule has 10 heteroatoms. The number of hydrogen-bond acceptors (Lipinski definition) is 8. The third-order valence-corrected chi connectivity index (χ3v) is 4.93. The van der Waals surface area contributed by atoms with E-state index in [0.29, 0.717) is 30.5 Å². The monoisotopic (exact) mass is 418 g/mol. The Hall–Kier alpha value is -4.08. The molecule has 0 saturated carbocycles. The van der Waals surface area contributed by atoms with Crippen molar-refractivity contribution >= 4 is 11.7 Å². The predicted octanol–water partition coefficient (Wildman–Crippen LogP) is 2.48. The van der Waals surface area contributed by atoms with Crippen LogP contribution in [0.2, 0.25) is 0 Å². The van der Waals surface area contributed by atoms with Crippen molar-refractivity contribution in [3.8, 4) is 17.1 Å². The second-order valence-electron chi connectivity index (χ2n) is 6.99. The standard InChI is InChI=1S/C21H22N8O2/c1-13-14(2)27-29(15(13)3)20-7-6-19(25-26-20)23-9-10-24-21(30)17-11-18(31-28-17)16-5-4-8-22-12-16/h4-8,11-12H,9-10H2,1-3H3,(H,23,25)(H,24,30). The molecule has 0 fully saturated rings. The smallest absolute Gasteiger partial charge is 0.273 e. The maximum Gasteiger partial charge on any atom is 0.273 e. The summed E-state index contributed by atoms with van der Waals surface area (Å²) in [6.45, 7) is 6.86. The highest BCUT2D eigenvalue weighted by atomic mass is 16.5. The highest BCUT2D eigenvalue weighted by Crippen LogP contribution is 2.19. The number of nitrogens with zero attached hydrogens (tertiary/aromatic N) is 6. The molecule has 10 nitrogen and oxygen atoms in total. The molecular formula is C21H22N8O2. The second-order valence-corrected chi connectivity index (χ2v) is 6.99. The van der Waals surface area contributed by atoms with Crippen LogP contribution in [0.5, 0.6) is 0 Å². The molecule has 0 aliphatic carbocycles. The van der Waals surface area contributed by atoms with Gasteiger partial charge in [0.1, 0.15) is 5.82 Å². The van der Waals surface area contributed by atoms with Gasteiger partial charge in [-0.05, 0) is 50.6 Å². The molecule has 0 spiro atoms. The van der Waals surface area contributed by atoms with Crippen LogP contribution in [-0.2, 0) is 0 Å². The van der Waals surface area contributed by atoms with Crippen molar-refractivity contribution in [2.24, 2.45) is 0 Å². The number of aromatic nitrogens is 6. The Bertz CT molecular complexity index is 1180. The van der Waals surface area contributed by atoms with Crippen molar-refractivity contribution in [3.63, 3.8) is 0 Å². The highest BCUT2D eigenvalue weighted by Gasteiger charge is 2.13. The van der Waals surface area contributed by atoms with Crippen LogP contribution in [0.15, 0.2) is 47.2 Å². The van der Waals surface area contributed by atoms with Crippen molar-refractivity contribution in [1.29, 1.82) is 0 Å². The van der Waals surface area contributed by atoms with Gasteiger partial charge in [-0.3, -0.25) is 9.78 Å². The first-order valence-corrected chi connectivity index (χ1v) is 9.79. The Morgan fingerprint density at radius 1 is 1.13 bits per heavy atom. The molecular weight excluding hydrogens is 396 g/mol. The van der Waals surface area contributed by atoms with Gasteiger partial charge in [-0.2, -0.15) is 5.10 Å². The first kappa shape index (κ1) is 20.2. The van der Waals surface area contributed by atoms with Crippen LogP contribution in [0.25, 0.3) is 17.1 Å². The molecule has 4 rings (SSSR count). The molecule has 0 saturated heterocycles. The Morgan fingerprint density at radius 2 is 2.00 bits per heavy atom. The Balaban J connectivity index is 1.27. The molecule has 0 atom stereocenters. The van der Waals surface area contributed by atoms with Crippen molar-refractivity contribution in [3.05, 3.63) is 65.4 Å². The molecule has 0 aliphatic rings. The molecule has 158 valence electrons. The van der Waals surface area contributed by atoms with Gasteiger partial charge in [-0.1, -0.05) is 5.16 Å². The summed E-state index contributed by atoms with van der Waals surface area (Å²) in [7, 11) is 0. The van der Waals surface area contributed by atoms with E-state index in [1.165, 1.54) is 0 Å². The number of carbonyl (C=O) groups excluding carboxylic acids is 1. The van der Waals surface area contributed by atoms with E-state index in [0.717, 1.165) is 22.5 Å². The lowest BCUT2D eigenvalue weighted by molar-refractivity contribution is 0.0946. The number of nitrogens with one attached hydrogen (secondary N) is 2. The molecule has 4 aromatic rings. The number of carbonyl (C=O) groups is 1. The number of amides is 1. The zero-order valence-corrected chi connectivity index (χ0v) is 17.5. The summed E-state index contributed by atoms with van der Waals surface area (Å²) >= 11 is 0. The van der Waals surface area contributed by atoms with Gasteiger partial charge in [-0.15, -0.1) is 10.2 Å². The van der Waals surface area contributed by atoms with E-state index in [1.54, 1.807) is 29.2 Å². The summed E-state index contributed by atoms with van der Waals surface area (Å²) in [6.07, 6.45) is 3.31. The van der Waals surface area contributed by atoms with Crippen LogP contribution in [0.4, 0.5) is 5.82 Å². The Morgan fingerprint density at radius 3 is 2.68 bits per heavy atom. The van der Waals surface area contributed by atoms with Gasteiger partial charge in [0, 0.05) is 42.8 Å². The number of anilines is 1. The van der Waals surface area contributed by atoms with E-state index in [9.17, 15) is 4.79 Å². The predicted molar refractivity (Wildman–Crippen MR) is 114 cm³/mol. The van der Waals surface area contributed by atoms with E-state index in [1.807, 2.05) is 39.0 Å². The lowest BCUT2D eigenvalue weighted by Crippen LogP contribution is -2.29. The van der Waals surface area contributed by atoms with E-state index >= 15 is 0 Å². The molecule has 4 aromatic heterocycles. The summed E-state index contributed by atoms with van der Waals surface area (Å²) < 4.78 is 7.00. The van der Waals surface area contributed by atoms with Gasteiger partial charge in [0.25, 0.3) is 5.91 Å². The zero-order valence-electron chi connectivity index (χ0n) is 17.5. The minimum absolute atomic E-state index is 0.211. The summed E-state index contributed by atoms with van der Waals surface area (Å²) in [5.74, 6) is 1.44. The largest absolute Gasteiger partial charge is 0.367 e. The average molecular weight is 418 g/mol. The molecule has 1 amide bonds. The number of hydrogen-bond donors (Lipinski definition) is 2. The molecule has 0 aromatic carbocycles. The molecule has 4 heterocycles. The summed E-state index contributed by atoms with van der Waals surface area (Å²) in [4.78, 5) is 16.3. The lowest BCUT2D eigenvalue weighted by Gasteiger charge is -2.07. The van der Waals surface area contributed by atoms with Crippen LogP contribution in [0, 0.1) is 20.8 Å². The van der Waals surface area contributed by atoms with Crippen molar-refractivity contribution in [2.75, 3.05) is 18.4 Å². The van der Waals surface area contributed by atoms with Crippen molar-refractivity contribution in [1.82, 2.24) is 35.4 Å². The van der Waals surface area contributed by atoms with Crippen LogP contribution in [-0.4, -0.2) is 49.1 Å². The fourth-order valence-electron chi connectivity index (χ4n) is 2.96. The maximum atomic E-state index is 12.2. The minimum atomic E-state index is -0.318. The molecule has 0 bridgehead atoms. The van der Waals surface area contributed by atoms with Crippen LogP contribution >= 0.6 is 0 Å². The van der Waals surface area contributed by atoms with E-state index in [4.69, 9.17) is 4.52 Å². The van der Waals surface area contributed by atoms with E-state index in [-0.39, 0.29) is 11.6 Å². The van der Waals surface area contributed by atoms with Gasteiger partial charge < -0.3 is 15.2 Å². The fraction of sp³-hybridized carbons (Fsp3) is 0.238. The summed E-state index contributed by atoms with van der Waals surface area (Å²) in [5.41, 5.74) is 4.11. The normalized spacial score (nSPS) is 10.8. The quantitative estimate of drug-likeness (QED) is 0.439. The van der Waals surface area contributed by atoms with Crippen molar-refractivity contribution in [2.45, 2.75) is 20.8 Å².